The molecule has 0 aliphatic heterocycles. The van der Waals surface area contributed by atoms with Crippen molar-refractivity contribution in [2.24, 2.45) is 11.8 Å². The molecule has 4 heteroatoms. The Hall–Kier alpha value is -1.63. The van der Waals surface area contributed by atoms with Crippen molar-refractivity contribution in [2.75, 3.05) is 6.61 Å². The average Bonchev–Trinajstić information content (AvgIpc) is 2.67. The van der Waals surface area contributed by atoms with Gasteiger partial charge in [0.25, 0.3) is 0 Å². The Labute approximate surface area is 156 Å². The van der Waals surface area contributed by atoms with Gasteiger partial charge in [0.15, 0.2) is 11.6 Å². The van der Waals surface area contributed by atoms with Crippen molar-refractivity contribution in [2.45, 2.75) is 77.6 Å². The number of rotatable bonds is 10. The zero-order valence-corrected chi connectivity index (χ0v) is 15.9. The molecule has 0 unspecified atom stereocenters. The Morgan fingerprint density at radius 3 is 2.31 bits per heavy atom. The number of benzene rings is 1. The van der Waals surface area contributed by atoms with Gasteiger partial charge in [0.1, 0.15) is 6.07 Å². The van der Waals surface area contributed by atoms with Crippen LogP contribution in [0.3, 0.4) is 0 Å². The monoisotopic (exact) mass is 363 g/mol. The number of hydrogen-bond donors (Lipinski definition) is 0. The van der Waals surface area contributed by atoms with Crippen LogP contribution in [0.4, 0.5) is 8.78 Å². The van der Waals surface area contributed by atoms with E-state index in [0.717, 1.165) is 18.8 Å². The maximum Gasteiger partial charge on any atom is 0.201 e. The second-order valence-electron chi connectivity index (χ2n) is 7.61. The third-order valence-corrected chi connectivity index (χ3v) is 5.57. The standard InChI is InChI=1S/C22H31F2NO/c1-2-3-4-5-6-7-8-17-9-11-18(12-10-17)16-26-20-14-13-19(15-25)21(23)22(20)24/h13-14,17-18H,2-12,16H2,1H3. The van der Waals surface area contributed by atoms with Gasteiger partial charge in [0, 0.05) is 0 Å². The van der Waals surface area contributed by atoms with Crippen molar-refractivity contribution in [3.05, 3.63) is 29.3 Å². The van der Waals surface area contributed by atoms with E-state index in [-0.39, 0.29) is 11.3 Å². The summed E-state index contributed by atoms with van der Waals surface area (Å²) in [5, 5.41) is 8.71. The molecule has 1 aliphatic carbocycles. The van der Waals surface area contributed by atoms with E-state index in [9.17, 15) is 8.78 Å². The van der Waals surface area contributed by atoms with Crippen molar-refractivity contribution in [3.8, 4) is 11.8 Å². The lowest BCUT2D eigenvalue weighted by Crippen LogP contribution is -2.20. The number of hydrogen-bond acceptors (Lipinski definition) is 2. The predicted octanol–water partition coefficient (Wildman–Crippen LogP) is 6.77. The van der Waals surface area contributed by atoms with Crippen molar-refractivity contribution < 1.29 is 13.5 Å². The molecule has 0 radical (unpaired) electrons. The van der Waals surface area contributed by atoms with Crippen LogP contribution in [0.2, 0.25) is 0 Å². The highest BCUT2D eigenvalue weighted by atomic mass is 19.2. The highest BCUT2D eigenvalue weighted by Crippen LogP contribution is 2.33. The maximum absolute atomic E-state index is 13.9. The van der Waals surface area contributed by atoms with Crippen LogP contribution in [0.1, 0.15) is 83.1 Å². The first-order chi connectivity index (χ1) is 12.7. The molecule has 0 N–H and O–H groups in total. The van der Waals surface area contributed by atoms with Gasteiger partial charge in [-0.25, -0.2) is 4.39 Å². The second kappa shape index (κ2) is 11.2. The highest BCUT2D eigenvalue weighted by molar-refractivity contribution is 5.37. The van der Waals surface area contributed by atoms with Crippen molar-refractivity contribution in [1.82, 2.24) is 0 Å². The van der Waals surface area contributed by atoms with E-state index >= 15 is 0 Å². The number of nitriles is 1. The van der Waals surface area contributed by atoms with E-state index in [2.05, 4.69) is 6.92 Å². The van der Waals surface area contributed by atoms with Gasteiger partial charge in [0.05, 0.1) is 12.2 Å². The SMILES string of the molecule is CCCCCCCCC1CCC(COc2ccc(C#N)c(F)c2F)CC1. The summed E-state index contributed by atoms with van der Waals surface area (Å²) >= 11 is 0. The zero-order chi connectivity index (χ0) is 18.8. The Morgan fingerprint density at radius 2 is 1.62 bits per heavy atom. The molecule has 2 rings (SSSR count). The molecule has 0 amide bonds. The zero-order valence-electron chi connectivity index (χ0n) is 15.9. The van der Waals surface area contributed by atoms with Gasteiger partial charge in [-0.2, -0.15) is 9.65 Å². The van der Waals surface area contributed by atoms with Crippen LogP contribution < -0.4 is 4.74 Å². The summed E-state index contributed by atoms with van der Waals surface area (Å²) in [5.74, 6) is -1.03. The van der Waals surface area contributed by atoms with Crippen LogP contribution in [-0.2, 0) is 0 Å². The fraction of sp³-hybridized carbons (Fsp3) is 0.682. The van der Waals surface area contributed by atoms with Gasteiger partial charge in [-0.3, -0.25) is 0 Å². The molecule has 0 aromatic heterocycles. The lowest BCUT2D eigenvalue weighted by molar-refractivity contribution is 0.172. The highest BCUT2D eigenvalue weighted by Gasteiger charge is 2.22. The molecule has 1 fully saturated rings. The normalized spacial score (nSPS) is 19.9. The minimum Gasteiger partial charge on any atom is -0.490 e. The minimum absolute atomic E-state index is 0.0873. The molecule has 1 saturated carbocycles. The summed E-state index contributed by atoms with van der Waals surface area (Å²) < 4.78 is 33.0. The number of unbranched alkanes of at least 4 members (excludes halogenated alkanes) is 5. The Bertz CT molecular complexity index is 589. The molecule has 1 aromatic carbocycles. The van der Waals surface area contributed by atoms with Crippen LogP contribution in [0.15, 0.2) is 12.1 Å². The molecule has 1 aromatic rings. The molecule has 0 atom stereocenters. The molecule has 0 bridgehead atoms. The van der Waals surface area contributed by atoms with E-state index in [1.807, 2.05) is 0 Å². The van der Waals surface area contributed by atoms with Crippen molar-refractivity contribution >= 4 is 0 Å². The Balaban J connectivity index is 1.65. The van der Waals surface area contributed by atoms with Gasteiger partial charge < -0.3 is 4.74 Å². The molecule has 1 aliphatic rings. The van der Waals surface area contributed by atoms with E-state index in [1.165, 1.54) is 69.9 Å². The molecule has 0 spiro atoms. The number of nitrogens with zero attached hydrogens (tertiary/aromatic N) is 1. The fourth-order valence-electron chi connectivity index (χ4n) is 3.84. The summed E-state index contributed by atoms with van der Waals surface area (Å²) in [7, 11) is 0. The van der Waals surface area contributed by atoms with Gasteiger partial charge in [0.2, 0.25) is 5.82 Å². The first-order valence-electron chi connectivity index (χ1n) is 10.2. The van der Waals surface area contributed by atoms with Crippen molar-refractivity contribution in [3.63, 3.8) is 0 Å². The Morgan fingerprint density at radius 1 is 0.962 bits per heavy atom. The number of ether oxygens (including phenoxy) is 1. The van der Waals surface area contributed by atoms with Gasteiger partial charge >= 0.3 is 0 Å². The predicted molar refractivity (Wildman–Crippen MR) is 100 cm³/mol. The van der Waals surface area contributed by atoms with E-state index < -0.39 is 11.6 Å². The lowest BCUT2D eigenvalue weighted by Gasteiger charge is -2.28. The summed E-state index contributed by atoms with van der Waals surface area (Å²) in [6, 6.07) is 4.25. The molecular weight excluding hydrogens is 332 g/mol. The first-order valence-corrected chi connectivity index (χ1v) is 10.2. The van der Waals surface area contributed by atoms with Crippen LogP contribution in [-0.4, -0.2) is 6.61 Å². The van der Waals surface area contributed by atoms with Gasteiger partial charge in [-0.15, -0.1) is 0 Å². The smallest absolute Gasteiger partial charge is 0.201 e. The molecule has 0 saturated heterocycles. The van der Waals surface area contributed by atoms with E-state index in [0.29, 0.717) is 12.5 Å². The minimum atomic E-state index is -1.12. The summed E-state index contributed by atoms with van der Waals surface area (Å²) in [5.41, 5.74) is -0.287. The third-order valence-electron chi connectivity index (χ3n) is 5.57. The van der Waals surface area contributed by atoms with E-state index in [4.69, 9.17) is 10.00 Å². The van der Waals surface area contributed by atoms with Crippen LogP contribution in [0.25, 0.3) is 0 Å². The summed E-state index contributed by atoms with van der Waals surface area (Å²) in [6.07, 6.45) is 14.0. The second-order valence-corrected chi connectivity index (χ2v) is 7.61. The quantitative estimate of drug-likeness (QED) is 0.430. The van der Waals surface area contributed by atoms with Crippen LogP contribution in [0, 0.1) is 34.8 Å². The molecular formula is C22H31F2NO. The molecule has 2 nitrogen and oxygen atoms in total. The first kappa shape index (κ1) is 20.7. The summed E-state index contributed by atoms with van der Waals surface area (Å²) in [4.78, 5) is 0. The maximum atomic E-state index is 13.9. The fourth-order valence-corrected chi connectivity index (χ4v) is 3.84. The van der Waals surface area contributed by atoms with Gasteiger partial charge in [-0.05, 0) is 36.8 Å². The Kier molecular flexibility index (Phi) is 8.88. The largest absolute Gasteiger partial charge is 0.490 e. The van der Waals surface area contributed by atoms with Gasteiger partial charge in [-0.1, -0.05) is 64.7 Å². The van der Waals surface area contributed by atoms with Crippen molar-refractivity contribution in [1.29, 1.82) is 5.26 Å². The number of halogens is 2. The average molecular weight is 363 g/mol. The third kappa shape index (κ3) is 6.27. The van der Waals surface area contributed by atoms with E-state index in [1.54, 1.807) is 6.07 Å². The molecule has 144 valence electrons. The topological polar surface area (TPSA) is 33.0 Å². The summed E-state index contributed by atoms with van der Waals surface area (Å²) in [6.45, 7) is 2.67. The lowest BCUT2D eigenvalue weighted by atomic mass is 9.80. The van der Waals surface area contributed by atoms with Crippen LogP contribution in [0.5, 0.6) is 5.75 Å². The van der Waals surface area contributed by atoms with Crippen LogP contribution >= 0.6 is 0 Å². The molecule has 0 heterocycles. The molecule has 26 heavy (non-hydrogen) atoms.